The third-order valence-electron chi connectivity index (χ3n) is 3.30. The van der Waals surface area contributed by atoms with E-state index in [0.717, 1.165) is 12.2 Å². The summed E-state index contributed by atoms with van der Waals surface area (Å²) >= 11 is 0. The second-order valence-corrected chi connectivity index (χ2v) is 4.48. The molecule has 1 atom stereocenters. The molecule has 0 spiro atoms. The lowest BCUT2D eigenvalue weighted by molar-refractivity contribution is 0.0839. The van der Waals surface area contributed by atoms with Crippen LogP contribution in [0.5, 0.6) is 5.75 Å². The van der Waals surface area contributed by atoms with E-state index in [1.807, 2.05) is 11.5 Å². The normalized spacial score (nSPS) is 18.0. The predicted octanol–water partition coefficient (Wildman–Crippen LogP) is 2.75. The Hall–Kier alpha value is -2.17. The maximum atomic E-state index is 13.2. The largest absolute Gasteiger partial charge is 0.483 e. The zero-order valence-corrected chi connectivity index (χ0v) is 10.5. The summed E-state index contributed by atoms with van der Waals surface area (Å²) in [5.74, 6) is -0.128. The molecule has 1 aliphatic heterocycles. The molecular formula is C14H13FN2O2. The molecule has 0 aliphatic carbocycles. The van der Waals surface area contributed by atoms with Gasteiger partial charge in [-0.15, -0.1) is 0 Å². The number of rotatable bonds is 2. The number of imidazole rings is 1. The molecule has 0 fully saturated rings. The minimum atomic E-state index is -0.406. The zero-order valence-electron chi connectivity index (χ0n) is 10.5. The first-order valence-corrected chi connectivity index (χ1v) is 6.18. The Balaban J connectivity index is 1.98. The number of halogens is 1. The number of hydrogen-bond donors (Lipinski definition) is 0. The molecule has 98 valence electrons. The van der Waals surface area contributed by atoms with Crippen molar-refractivity contribution in [2.24, 2.45) is 0 Å². The van der Waals surface area contributed by atoms with Crippen molar-refractivity contribution in [3.05, 3.63) is 47.8 Å². The maximum absolute atomic E-state index is 13.2. The molecular weight excluding hydrogens is 247 g/mol. The van der Waals surface area contributed by atoms with Gasteiger partial charge in [0.2, 0.25) is 0 Å². The summed E-state index contributed by atoms with van der Waals surface area (Å²) in [7, 11) is 0. The number of carbonyl (C=O) groups excluding carboxylic acids is 1. The van der Waals surface area contributed by atoms with Crippen molar-refractivity contribution in [3.8, 4) is 5.75 Å². The molecule has 0 bridgehead atoms. The van der Waals surface area contributed by atoms with Crippen LogP contribution < -0.4 is 4.74 Å². The van der Waals surface area contributed by atoms with E-state index in [2.05, 4.69) is 4.98 Å². The van der Waals surface area contributed by atoms with Crippen LogP contribution in [0.3, 0.4) is 0 Å². The number of carbonyl (C=O) groups is 1. The zero-order chi connectivity index (χ0) is 13.4. The van der Waals surface area contributed by atoms with Crippen LogP contribution in [0.1, 0.15) is 35.5 Å². The van der Waals surface area contributed by atoms with Gasteiger partial charge in [-0.05, 0) is 19.1 Å². The number of aromatic nitrogens is 2. The first-order valence-electron chi connectivity index (χ1n) is 6.18. The van der Waals surface area contributed by atoms with Crippen molar-refractivity contribution in [3.63, 3.8) is 0 Å². The van der Waals surface area contributed by atoms with Gasteiger partial charge in [-0.3, -0.25) is 4.79 Å². The Morgan fingerprint density at radius 2 is 2.37 bits per heavy atom. The average molecular weight is 260 g/mol. The fourth-order valence-electron chi connectivity index (χ4n) is 2.33. The number of fused-ring (bicyclic) bond motifs is 1. The van der Waals surface area contributed by atoms with Gasteiger partial charge in [-0.25, -0.2) is 9.37 Å². The number of benzene rings is 1. The van der Waals surface area contributed by atoms with E-state index in [1.165, 1.54) is 18.2 Å². The van der Waals surface area contributed by atoms with Crippen LogP contribution in [0.2, 0.25) is 0 Å². The molecule has 0 saturated heterocycles. The number of ketones is 1. The standard InChI is InChI=1S/C14H13FN2O2/c1-2-17-8-16-7-11(17)14-6-12(18)10-4-3-9(15)5-13(10)19-14/h3-5,7-8,14H,2,6H2,1H3. The molecule has 2 heterocycles. The third-order valence-corrected chi connectivity index (χ3v) is 3.30. The Labute approximate surface area is 109 Å². The molecule has 19 heavy (non-hydrogen) atoms. The Morgan fingerprint density at radius 3 is 3.16 bits per heavy atom. The highest BCUT2D eigenvalue weighted by Crippen LogP contribution is 2.35. The van der Waals surface area contributed by atoms with Crippen LogP contribution in [0.4, 0.5) is 4.39 Å². The molecule has 2 aromatic rings. The van der Waals surface area contributed by atoms with Crippen molar-refractivity contribution in [2.45, 2.75) is 26.0 Å². The highest BCUT2D eigenvalue weighted by molar-refractivity contribution is 5.99. The molecule has 0 N–H and O–H groups in total. The van der Waals surface area contributed by atoms with Crippen LogP contribution in [0.15, 0.2) is 30.7 Å². The molecule has 0 saturated carbocycles. The minimum absolute atomic E-state index is 0.0323. The summed E-state index contributed by atoms with van der Waals surface area (Å²) in [6, 6.07) is 4.00. The van der Waals surface area contributed by atoms with Crippen molar-refractivity contribution in [1.82, 2.24) is 9.55 Å². The Morgan fingerprint density at radius 1 is 1.53 bits per heavy atom. The maximum Gasteiger partial charge on any atom is 0.170 e. The first-order chi connectivity index (χ1) is 9.19. The SMILES string of the molecule is CCn1cncc1C1CC(=O)c2ccc(F)cc2O1. The fraction of sp³-hybridized carbons (Fsp3) is 0.286. The topological polar surface area (TPSA) is 44.1 Å². The summed E-state index contributed by atoms with van der Waals surface area (Å²) in [5.41, 5.74) is 1.28. The van der Waals surface area contributed by atoms with Gasteiger partial charge >= 0.3 is 0 Å². The summed E-state index contributed by atoms with van der Waals surface area (Å²) < 4.78 is 20.9. The van der Waals surface area contributed by atoms with E-state index in [4.69, 9.17) is 4.74 Å². The number of Topliss-reactive ketones (excluding diaryl/α,β-unsaturated/α-hetero) is 1. The van der Waals surface area contributed by atoms with E-state index in [0.29, 0.717) is 11.3 Å². The van der Waals surface area contributed by atoms with Crippen LogP contribution in [-0.2, 0) is 6.54 Å². The molecule has 0 amide bonds. The molecule has 1 unspecified atom stereocenters. The molecule has 4 nitrogen and oxygen atoms in total. The molecule has 5 heteroatoms. The van der Waals surface area contributed by atoms with Crippen molar-refractivity contribution in [1.29, 1.82) is 0 Å². The van der Waals surface area contributed by atoms with E-state index in [1.54, 1.807) is 12.5 Å². The summed E-state index contributed by atoms with van der Waals surface area (Å²) in [5, 5.41) is 0. The minimum Gasteiger partial charge on any atom is -0.483 e. The van der Waals surface area contributed by atoms with Gasteiger partial charge < -0.3 is 9.30 Å². The van der Waals surface area contributed by atoms with Crippen molar-refractivity contribution in [2.75, 3.05) is 0 Å². The lowest BCUT2D eigenvalue weighted by Crippen LogP contribution is -2.22. The van der Waals surface area contributed by atoms with Gasteiger partial charge in [0.1, 0.15) is 17.7 Å². The van der Waals surface area contributed by atoms with Crippen LogP contribution in [-0.4, -0.2) is 15.3 Å². The molecule has 1 aromatic carbocycles. The van der Waals surface area contributed by atoms with Crippen LogP contribution in [0, 0.1) is 5.82 Å². The van der Waals surface area contributed by atoms with E-state index >= 15 is 0 Å². The molecule has 0 radical (unpaired) electrons. The van der Waals surface area contributed by atoms with Crippen molar-refractivity contribution < 1.29 is 13.9 Å². The van der Waals surface area contributed by atoms with Gasteiger partial charge in [0, 0.05) is 12.6 Å². The summed E-state index contributed by atoms with van der Waals surface area (Å²) in [6.07, 6.45) is 3.24. The number of aryl methyl sites for hydroxylation is 1. The monoisotopic (exact) mass is 260 g/mol. The quantitative estimate of drug-likeness (QED) is 0.834. The van der Waals surface area contributed by atoms with Crippen LogP contribution >= 0.6 is 0 Å². The highest BCUT2D eigenvalue weighted by Gasteiger charge is 2.29. The predicted molar refractivity (Wildman–Crippen MR) is 66.6 cm³/mol. The van der Waals surface area contributed by atoms with Crippen LogP contribution in [0.25, 0.3) is 0 Å². The Bertz CT molecular complexity index is 636. The van der Waals surface area contributed by atoms with Gasteiger partial charge in [0.05, 0.1) is 30.2 Å². The van der Waals surface area contributed by atoms with E-state index in [-0.39, 0.29) is 12.2 Å². The smallest absolute Gasteiger partial charge is 0.170 e. The fourth-order valence-corrected chi connectivity index (χ4v) is 2.33. The molecule has 1 aromatic heterocycles. The third kappa shape index (κ3) is 2.01. The highest BCUT2D eigenvalue weighted by atomic mass is 19.1. The van der Waals surface area contributed by atoms with E-state index < -0.39 is 11.9 Å². The van der Waals surface area contributed by atoms with E-state index in [9.17, 15) is 9.18 Å². The van der Waals surface area contributed by atoms with Gasteiger partial charge in [-0.1, -0.05) is 0 Å². The lowest BCUT2D eigenvalue weighted by Gasteiger charge is -2.25. The van der Waals surface area contributed by atoms with Gasteiger partial charge in [0.15, 0.2) is 5.78 Å². The first kappa shape index (κ1) is 11.9. The second kappa shape index (κ2) is 4.50. The molecule has 1 aliphatic rings. The number of ether oxygens (including phenoxy) is 1. The summed E-state index contributed by atoms with van der Waals surface area (Å²) in [6.45, 7) is 2.74. The number of nitrogens with zero attached hydrogens (tertiary/aromatic N) is 2. The Kier molecular flexibility index (Phi) is 2.81. The average Bonchev–Trinajstić information content (AvgIpc) is 2.86. The van der Waals surface area contributed by atoms with Gasteiger partial charge in [-0.2, -0.15) is 0 Å². The van der Waals surface area contributed by atoms with Gasteiger partial charge in [0.25, 0.3) is 0 Å². The summed E-state index contributed by atoms with van der Waals surface area (Å²) in [4.78, 5) is 16.1. The second-order valence-electron chi connectivity index (χ2n) is 4.48. The lowest BCUT2D eigenvalue weighted by atomic mass is 9.99. The molecule has 3 rings (SSSR count). The number of hydrogen-bond acceptors (Lipinski definition) is 3. The van der Waals surface area contributed by atoms with Crippen molar-refractivity contribution >= 4 is 5.78 Å².